The van der Waals surface area contributed by atoms with Crippen molar-refractivity contribution in [2.45, 2.75) is 37.7 Å². The molecule has 0 fully saturated rings. The molecule has 0 aliphatic heterocycles. The number of carbonyl (C=O) groups excluding carboxylic acids is 1. The van der Waals surface area contributed by atoms with E-state index in [4.69, 9.17) is 4.74 Å². The molecule has 6 heteroatoms. The molecule has 3 rings (SSSR count). The van der Waals surface area contributed by atoms with Gasteiger partial charge in [-0.1, -0.05) is 23.9 Å². The van der Waals surface area contributed by atoms with Crippen molar-refractivity contribution in [3.8, 4) is 5.75 Å². The van der Waals surface area contributed by atoms with Crippen molar-refractivity contribution in [3.63, 3.8) is 0 Å². The first-order valence-electron chi connectivity index (χ1n) is 8.98. The van der Waals surface area contributed by atoms with Crippen molar-refractivity contribution in [1.82, 2.24) is 9.55 Å². The molecular formula is C21H22N2O3S. The van der Waals surface area contributed by atoms with Crippen molar-refractivity contribution in [2.24, 2.45) is 0 Å². The molecule has 0 saturated carbocycles. The first-order valence-corrected chi connectivity index (χ1v) is 9.86. The van der Waals surface area contributed by atoms with E-state index in [-0.39, 0.29) is 16.6 Å². The van der Waals surface area contributed by atoms with E-state index in [2.05, 4.69) is 4.98 Å². The van der Waals surface area contributed by atoms with E-state index in [0.29, 0.717) is 34.8 Å². The average molecular weight is 382 g/mol. The van der Waals surface area contributed by atoms with Crippen molar-refractivity contribution in [3.05, 3.63) is 64.4 Å². The Morgan fingerprint density at radius 1 is 1.15 bits per heavy atom. The summed E-state index contributed by atoms with van der Waals surface area (Å²) in [5, 5.41) is 0.788. The van der Waals surface area contributed by atoms with Crippen molar-refractivity contribution in [2.75, 3.05) is 6.61 Å². The average Bonchev–Trinajstić information content (AvgIpc) is 2.68. The number of hydrogen-bond donors (Lipinski definition) is 0. The first-order chi connectivity index (χ1) is 13.0. The fourth-order valence-electron chi connectivity index (χ4n) is 2.84. The minimum Gasteiger partial charge on any atom is -0.494 e. The third-order valence-electron chi connectivity index (χ3n) is 4.24. The molecule has 0 bridgehead atoms. The second-order valence-electron chi connectivity index (χ2n) is 6.04. The van der Waals surface area contributed by atoms with Crippen LogP contribution in [-0.2, 0) is 6.54 Å². The molecule has 0 saturated heterocycles. The predicted octanol–water partition coefficient (Wildman–Crippen LogP) is 4.18. The Balaban J connectivity index is 1.87. The number of carbonyl (C=O) groups is 1. The van der Waals surface area contributed by atoms with Crippen LogP contribution in [0.4, 0.5) is 0 Å². The fraction of sp³-hybridized carbons (Fsp3) is 0.286. The van der Waals surface area contributed by atoms with E-state index in [0.717, 1.165) is 5.75 Å². The quantitative estimate of drug-likeness (QED) is 0.348. The minimum atomic E-state index is -0.367. The highest BCUT2D eigenvalue weighted by atomic mass is 32.2. The second kappa shape index (κ2) is 8.39. The van der Waals surface area contributed by atoms with Gasteiger partial charge in [0.05, 0.1) is 22.8 Å². The number of ketones is 1. The molecule has 3 aromatic rings. The Morgan fingerprint density at radius 3 is 2.52 bits per heavy atom. The monoisotopic (exact) mass is 382 g/mol. The Hall–Kier alpha value is -2.60. The van der Waals surface area contributed by atoms with Crippen LogP contribution in [0.1, 0.15) is 31.1 Å². The molecule has 0 spiro atoms. The van der Waals surface area contributed by atoms with Crippen molar-refractivity contribution in [1.29, 1.82) is 0 Å². The lowest BCUT2D eigenvalue weighted by Crippen LogP contribution is -2.24. The lowest BCUT2D eigenvalue weighted by Gasteiger charge is -2.15. The number of benzene rings is 2. The number of Topliss-reactive ketones (excluding diaryl/α,β-unsaturated/α-hetero) is 1. The minimum absolute atomic E-state index is 0.00638. The third-order valence-corrected chi connectivity index (χ3v) is 5.33. The SMILES string of the molecule is CCOc1ccc(C(=O)C(C)Sc2nc3ccccc3c(=O)n2CC)cc1. The van der Waals surface area contributed by atoms with E-state index in [9.17, 15) is 9.59 Å². The van der Waals surface area contributed by atoms with Gasteiger partial charge in [-0.15, -0.1) is 0 Å². The topological polar surface area (TPSA) is 61.2 Å². The second-order valence-corrected chi connectivity index (χ2v) is 7.35. The molecule has 0 amide bonds. The predicted molar refractivity (Wildman–Crippen MR) is 109 cm³/mol. The summed E-state index contributed by atoms with van der Waals surface area (Å²) in [6, 6.07) is 14.4. The van der Waals surface area contributed by atoms with E-state index in [1.165, 1.54) is 11.8 Å². The molecule has 27 heavy (non-hydrogen) atoms. The van der Waals surface area contributed by atoms with Crippen LogP contribution in [0, 0.1) is 0 Å². The zero-order chi connectivity index (χ0) is 19.4. The lowest BCUT2D eigenvalue weighted by atomic mass is 10.1. The van der Waals surface area contributed by atoms with Crippen LogP contribution in [-0.4, -0.2) is 27.2 Å². The number of para-hydroxylation sites is 1. The number of ether oxygens (including phenoxy) is 1. The molecular weight excluding hydrogens is 360 g/mol. The van der Waals surface area contributed by atoms with Gasteiger partial charge in [0.25, 0.3) is 5.56 Å². The maximum atomic E-state index is 12.8. The van der Waals surface area contributed by atoms with Gasteiger partial charge in [0.15, 0.2) is 10.9 Å². The fourth-order valence-corrected chi connectivity index (χ4v) is 3.89. The van der Waals surface area contributed by atoms with Gasteiger partial charge in [0.1, 0.15) is 5.75 Å². The zero-order valence-electron chi connectivity index (χ0n) is 15.6. The van der Waals surface area contributed by atoms with E-state index < -0.39 is 0 Å². The Morgan fingerprint density at radius 2 is 1.85 bits per heavy atom. The van der Waals surface area contributed by atoms with Gasteiger partial charge < -0.3 is 4.74 Å². The van der Waals surface area contributed by atoms with Gasteiger partial charge >= 0.3 is 0 Å². The normalized spacial score (nSPS) is 12.1. The van der Waals surface area contributed by atoms with Crippen molar-refractivity contribution >= 4 is 28.4 Å². The van der Waals surface area contributed by atoms with E-state index in [1.54, 1.807) is 34.9 Å². The summed E-state index contributed by atoms with van der Waals surface area (Å²) in [6.45, 7) is 6.75. The van der Waals surface area contributed by atoms with E-state index >= 15 is 0 Å². The largest absolute Gasteiger partial charge is 0.494 e. The maximum absolute atomic E-state index is 12.8. The van der Waals surface area contributed by atoms with Gasteiger partial charge in [0, 0.05) is 12.1 Å². The van der Waals surface area contributed by atoms with Gasteiger partial charge in [-0.25, -0.2) is 4.98 Å². The van der Waals surface area contributed by atoms with Crippen LogP contribution in [0.5, 0.6) is 5.75 Å². The number of rotatable bonds is 7. The summed E-state index contributed by atoms with van der Waals surface area (Å²) in [4.78, 5) is 30.1. The Kier molecular flexibility index (Phi) is 5.96. The molecule has 1 atom stereocenters. The zero-order valence-corrected chi connectivity index (χ0v) is 16.5. The Bertz CT molecular complexity index is 1010. The summed E-state index contributed by atoms with van der Waals surface area (Å²) in [5.41, 5.74) is 1.19. The van der Waals surface area contributed by atoms with Crippen LogP contribution >= 0.6 is 11.8 Å². The molecule has 0 aliphatic carbocycles. The summed E-state index contributed by atoms with van der Waals surface area (Å²) < 4.78 is 7.04. The summed E-state index contributed by atoms with van der Waals surface area (Å²) >= 11 is 1.31. The molecule has 2 aromatic carbocycles. The van der Waals surface area contributed by atoms with Gasteiger partial charge in [0.2, 0.25) is 0 Å². The van der Waals surface area contributed by atoms with Crippen LogP contribution in [0.2, 0.25) is 0 Å². The van der Waals surface area contributed by atoms with Crippen LogP contribution in [0.3, 0.4) is 0 Å². The molecule has 140 valence electrons. The Labute approximate surface area is 162 Å². The van der Waals surface area contributed by atoms with Crippen LogP contribution < -0.4 is 10.3 Å². The molecule has 1 aromatic heterocycles. The van der Waals surface area contributed by atoms with Gasteiger partial charge in [-0.2, -0.15) is 0 Å². The summed E-state index contributed by atoms with van der Waals surface area (Å²) in [7, 11) is 0. The lowest BCUT2D eigenvalue weighted by molar-refractivity contribution is 0.0994. The maximum Gasteiger partial charge on any atom is 0.262 e. The number of hydrogen-bond acceptors (Lipinski definition) is 5. The first kappa shape index (κ1) is 19.2. The van der Waals surface area contributed by atoms with Gasteiger partial charge in [-0.05, 0) is 57.2 Å². The summed E-state index contributed by atoms with van der Waals surface area (Å²) in [6.07, 6.45) is 0. The highest BCUT2D eigenvalue weighted by Crippen LogP contribution is 2.25. The highest BCUT2D eigenvalue weighted by Gasteiger charge is 2.20. The van der Waals surface area contributed by atoms with Crippen LogP contribution in [0.15, 0.2) is 58.5 Å². The highest BCUT2D eigenvalue weighted by molar-refractivity contribution is 8.00. The molecule has 0 N–H and O–H groups in total. The van der Waals surface area contributed by atoms with Crippen molar-refractivity contribution < 1.29 is 9.53 Å². The standard InChI is InChI=1S/C21H22N2O3S/c1-4-23-20(25)17-8-6-7-9-18(17)22-21(23)27-14(3)19(24)15-10-12-16(13-11-15)26-5-2/h6-14H,4-5H2,1-3H3. The third kappa shape index (κ3) is 4.06. The number of thioether (sulfide) groups is 1. The number of aromatic nitrogens is 2. The molecule has 0 aliphatic rings. The number of fused-ring (bicyclic) bond motifs is 1. The van der Waals surface area contributed by atoms with Crippen LogP contribution in [0.25, 0.3) is 10.9 Å². The molecule has 5 nitrogen and oxygen atoms in total. The summed E-state index contributed by atoms with van der Waals surface area (Å²) in [5.74, 6) is 0.735. The number of nitrogens with zero attached hydrogens (tertiary/aromatic N) is 2. The molecule has 0 radical (unpaired) electrons. The molecule has 1 unspecified atom stereocenters. The van der Waals surface area contributed by atoms with E-state index in [1.807, 2.05) is 39.0 Å². The smallest absolute Gasteiger partial charge is 0.262 e. The molecule has 1 heterocycles. The van der Waals surface area contributed by atoms with Gasteiger partial charge in [-0.3, -0.25) is 14.2 Å².